The fraction of sp³-hybridized carbons (Fsp3) is 0.833. The molecule has 90 valence electrons. The normalized spacial score (nSPS) is 38.2. The zero-order chi connectivity index (χ0) is 11.9. The van der Waals surface area contributed by atoms with Crippen molar-refractivity contribution in [1.29, 1.82) is 0 Å². The minimum atomic E-state index is -0.823. The van der Waals surface area contributed by atoms with Crippen LogP contribution in [0.15, 0.2) is 0 Å². The van der Waals surface area contributed by atoms with Gasteiger partial charge >= 0.3 is 5.97 Å². The Kier molecular flexibility index (Phi) is 2.91. The van der Waals surface area contributed by atoms with Gasteiger partial charge in [-0.25, -0.2) is 0 Å². The molecule has 1 amide bonds. The fourth-order valence-electron chi connectivity index (χ4n) is 2.79. The van der Waals surface area contributed by atoms with E-state index in [0.717, 1.165) is 12.8 Å². The minimum absolute atomic E-state index is 0.0621. The van der Waals surface area contributed by atoms with Gasteiger partial charge < -0.3 is 10.0 Å². The Labute approximate surface area is 95.6 Å². The monoisotopic (exact) mass is 225 g/mol. The van der Waals surface area contributed by atoms with Crippen LogP contribution in [-0.4, -0.2) is 34.0 Å². The molecule has 4 nitrogen and oxygen atoms in total. The van der Waals surface area contributed by atoms with Gasteiger partial charge in [0.05, 0.1) is 11.8 Å². The second-order valence-corrected chi connectivity index (χ2v) is 5.16. The van der Waals surface area contributed by atoms with Gasteiger partial charge in [0.2, 0.25) is 5.91 Å². The largest absolute Gasteiger partial charge is 0.481 e. The van der Waals surface area contributed by atoms with Gasteiger partial charge in [0.15, 0.2) is 0 Å². The van der Waals surface area contributed by atoms with Crippen LogP contribution in [-0.2, 0) is 9.59 Å². The van der Waals surface area contributed by atoms with E-state index in [1.54, 1.807) is 0 Å². The number of carboxylic acids is 1. The molecule has 2 fully saturated rings. The second-order valence-electron chi connectivity index (χ2n) is 5.16. The van der Waals surface area contributed by atoms with Crippen LogP contribution >= 0.6 is 0 Å². The first-order valence-corrected chi connectivity index (χ1v) is 6.07. The Balaban J connectivity index is 2.01. The summed E-state index contributed by atoms with van der Waals surface area (Å²) in [4.78, 5) is 24.8. The molecule has 0 aromatic rings. The Bertz CT molecular complexity index is 305. The molecule has 1 N–H and O–H groups in total. The molecule has 0 spiro atoms. The van der Waals surface area contributed by atoms with Gasteiger partial charge in [-0.15, -0.1) is 0 Å². The molecular formula is C12H19NO3. The van der Waals surface area contributed by atoms with E-state index in [-0.39, 0.29) is 23.9 Å². The number of nitrogens with zero attached hydrogens (tertiary/aromatic N) is 1. The standard InChI is InChI=1S/C12H19NO3/c1-7-4-3-5-8(2)13(7)11(14)9-6-10(9)12(15)16/h7-10H,3-6H2,1-2H3,(H,15,16)/t7-,8+,9?,10?. The van der Waals surface area contributed by atoms with E-state index in [1.807, 2.05) is 4.90 Å². The smallest absolute Gasteiger partial charge is 0.307 e. The highest BCUT2D eigenvalue weighted by atomic mass is 16.4. The third-order valence-corrected chi connectivity index (χ3v) is 3.87. The number of carbonyl (C=O) groups excluding carboxylic acids is 1. The number of rotatable bonds is 2. The summed E-state index contributed by atoms with van der Waals surface area (Å²) >= 11 is 0. The molecule has 16 heavy (non-hydrogen) atoms. The molecule has 0 radical (unpaired) electrons. The van der Waals surface area contributed by atoms with Crippen LogP contribution in [0.2, 0.25) is 0 Å². The summed E-state index contributed by atoms with van der Waals surface area (Å²) in [5.41, 5.74) is 0. The number of likely N-dealkylation sites (tertiary alicyclic amines) is 1. The van der Waals surface area contributed by atoms with Crippen LogP contribution in [0.3, 0.4) is 0 Å². The van der Waals surface area contributed by atoms with Gasteiger partial charge in [-0.2, -0.15) is 0 Å². The number of carboxylic acid groups (broad SMARTS) is 1. The molecule has 1 aliphatic carbocycles. The lowest BCUT2D eigenvalue weighted by Gasteiger charge is -2.39. The quantitative estimate of drug-likeness (QED) is 0.774. The summed E-state index contributed by atoms with van der Waals surface area (Å²) in [6.45, 7) is 4.12. The molecule has 1 saturated heterocycles. The number of carbonyl (C=O) groups is 2. The lowest BCUT2D eigenvalue weighted by atomic mass is 9.97. The van der Waals surface area contributed by atoms with E-state index in [2.05, 4.69) is 13.8 Å². The number of piperidine rings is 1. The average molecular weight is 225 g/mol. The van der Waals surface area contributed by atoms with Crippen molar-refractivity contribution in [3.8, 4) is 0 Å². The predicted octanol–water partition coefficient (Wildman–Crippen LogP) is 1.50. The maximum absolute atomic E-state index is 12.2. The van der Waals surface area contributed by atoms with Crippen LogP contribution < -0.4 is 0 Å². The SMILES string of the molecule is C[C@@H]1CCC[C@H](C)N1C(=O)C1CC1C(=O)O. The minimum Gasteiger partial charge on any atom is -0.481 e. The lowest BCUT2D eigenvalue weighted by Crippen LogP contribution is -2.48. The average Bonchev–Trinajstić information content (AvgIpc) is 2.96. The van der Waals surface area contributed by atoms with Crippen molar-refractivity contribution >= 4 is 11.9 Å². The second kappa shape index (κ2) is 4.07. The molecule has 4 heteroatoms. The Morgan fingerprint density at radius 2 is 1.69 bits per heavy atom. The van der Waals surface area contributed by atoms with Gasteiger partial charge in [-0.1, -0.05) is 0 Å². The van der Waals surface area contributed by atoms with Crippen LogP contribution in [0.25, 0.3) is 0 Å². The van der Waals surface area contributed by atoms with Gasteiger partial charge in [-0.3, -0.25) is 9.59 Å². The van der Waals surface area contributed by atoms with Gasteiger partial charge in [-0.05, 0) is 39.5 Å². The molecule has 4 atom stereocenters. The summed E-state index contributed by atoms with van der Waals surface area (Å²) in [5, 5.41) is 8.83. The number of hydrogen-bond acceptors (Lipinski definition) is 2. The van der Waals surface area contributed by atoms with Crippen LogP contribution in [0.5, 0.6) is 0 Å². The molecule has 2 rings (SSSR count). The summed E-state index contributed by atoms with van der Waals surface area (Å²) in [6.07, 6.45) is 3.78. The van der Waals surface area contributed by atoms with Crippen LogP contribution in [0, 0.1) is 11.8 Å². The molecule has 0 aromatic carbocycles. The van der Waals surface area contributed by atoms with E-state index >= 15 is 0 Å². The van der Waals surface area contributed by atoms with E-state index < -0.39 is 11.9 Å². The molecule has 1 heterocycles. The summed E-state index contributed by atoms with van der Waals surface area (Å²) in [6, 6.07) is 0.539. The molecule has 2 aliphatic rings. The van der Waals surface area contributed by atoms with Gasteiger partial charge in [0.1, 0.15) is 0 Å². The third kappa shape index (κ3) is 1.93. The lowest BCUT2D eigenvalue weighted by molar-refractivity contribution is -0.144. The highest BCUT2D eigenvalue weighted by Crippen LogP contribution is 2.41. The van der Waals surface area contributed by atoms with Crippen molar-refractivity contribution in [1.82, 2.24) is 4.90 Å². The molecule has 1 aliphatic heterocycles. The topological polar surface area (TPSA) is 57.6 Å². The van der Waals surface area contributed by atoms with Crippen LogP contribution in [0.4, 0.5) is 0 Å². The van der Waals surface area contributed by atoms with Crippen molar-refractivity contribution in [2.24, 2.45) is 11.8 Å². The number of hydrogen-bond donors (Lipinski definition) is 1. The summed E-state index contributed by atoms with van der Waals surface area (Å²) in [7, 11) is 0. The maximum atomic E-state index is 12.2. The van der Waals surface area contributed by atoms with Crippen molar-refractivity contribution in [2.75, 3.05) is 0 Å². The Morgan fingerprint density at radius 1 is 1.12 bits per heavy atom. The highest BCUT2D eigenvalue weighted by Gasteiger charge is 2.51. The molecule has 1 saturated carbocycles. The third-order valence-electron chi connectivity index (χ3n) is 3.87. The Morgan fingerprint density at radius 3 is 2.12 bits per heavy atom. The first-order chi connectivity index (χ1) is 7.52. The van der Waals surface area contributed by atoms with E-state index in [0.29, 0.717) is 6.42 Å². The molecule has 0 bridgehead atoms. The molecule has 2 unspecified atom stereocenters. The summed E-state index contributed by atoms with van der Waals surface area (Å²) < 4.78 is 0. The highest BCUT2D eigenvalue weighted by molar-refractivity contribution is 5.89. The van der Waals surface area contributed by atoms with E-state index in [9.17, 15) is 9.59 Å². The van der Waals surface area contributed by atoms with Crippen LogP contribution in [0.1, 0.15) is 39.5 Å². The van der Waals surface area contributed by atoms with Crippen molar-refractivity contribution < 1.29 is 14.7 Å². The van der Waals surface area contributed by atoms with Crippen molar-refractivity contribution in [2.45, 2.75) is 51.6 Å². The summed E-state index contributed by atoms with van der Waals surface area (Å²) in [5.74, 6) is -1.43. The predicted molar refractivity (Wildman–Crippen MR) is 58.9 cm³/mol. The van der Waals surface area contributed by atoms with Gasteiger partial charge in [0, 0.05) is 12.1 Å². The van der Waals surface area contributed by atoms with Gasteiger partial charge in [0.25, 0.3) is 0 Å². The maximum Gasteiger partial charge on any atom is 0.307 e. The van der Waals surface area contributed by atoms with E-state index in [1.165, 1.54) is 6.42 Å². The van der Waals surface area contributed by atoms with E-state index in [4.69, 9.17) is 5.11 Å². The Hall–Kier alpha value is -1.06. The fourth-order valence-corrected chi connectivity index (χ4v) is 2.79. The molecular weight excluding hydrogens is 206 g/mol. The zero-order valence-corrected chi connectivity index (χ0v) is 9.85. The first kappa shape index (κ1) is 11.4. The zero-order valence-electron chi connectivity index (χ0n) is 9.85. The first-order valence-electron chi connectivity index (χ1n) is 6.07. The molecule has 0 aromatic heterocycles. The van der Waals surface area contributed by atoms with Crippen molar-refractivity contribution in [3.63, 3.8) is 0 Å². The number of aliphatic carboxylic acids is 1. The number of amides is 1. The van der Waals surface area contributed by atoms with Crippen molar-refractivity contribution in [3.05, 3.63) is 0 Å².